The Morgan fingerprint density at radius 1 is 1.36 bits per heavy atom. The molecule has 0 spiro atoms. The topological polar surface area (TPSA) is 54.4 Å². The Labute approximate surface area is 66.4 Å². The molecule has 11 heavy (non-hydrogen) atoms. The minimum Gasteiger partial charge on any atom is -0.395 e. The summed E-state index contributed by atoms with van der Waals surface area (Å²) in [5, 5.41) is 8.83. The minimum absolute atomic E-state index is 0.0725. The van der Waals surface area contributed by atoms with E-state index in [1.54, 1.807) is 6.92 Å². The lowest BCUT2D eigenvalue weighted by Gasteiger charge is -2.21. The van der Waals surface area contributed by atoms with Gasteiger partial charge in [-0.25, -0.2) is 0 Å². The number of aliphatic hydroxyl groups is 1. The van der Waals surface area contributed by atoms with E-state index in [2.05, 4.69) is 0 Å². The molecule has 0 aromatic heterocycles. The van der Waals surface area contributed by atoms with Crippen LogP contribution in [-0.4, -0.2) is 23.3 Å². The van der Waals surface area contributed by atoms with Gasteiger partial charge in [0.05, 0.1) is 12.0 Å². The van der Waals surface area contributed by atoms with Crippen LogP contribution >= 0.6 is 0 Å². The van der Waals surface area contributed by atoms with Gasteiger partial charge in [0.2, 0.25) is 0 Å². The normalized spacial score (nSPS) is 15.6. The molecule has 0 aliphatic carbocycles. The van der Waals surface area contributed by atoms with E-state index >= 15 is 0 Å². The maximum absolute atomic E-state index is 10.9. The van der Waals surface area contributed by atoms with Gasteiger partial charge in [0.15, 0.2) is 0 Å². The fourth-order valence-corrected chi connectivity index (χ4v) is 0.841. The third kappa shape index (κ3) is 2.80. The van der Waals surface area contributed by atoms with Crippen LogP contribution in [0.3, 0.4) is 0 Å². The highest BCUT2D eigenvalue weighted by Crippen LogP contribution is 2.21. The Morgan fingerprint density at radius 3 is 1.91 bits per heavy atom. The molecule has 3 nitrogen and oxygen atoms in total. The Kier molecular flexibility index (Phi) is 3.39. The van der Waals surface area contributed by atoms with E-state index in [0.717, 1.165) is 0 Å². The molecule has 0 radical (unpaired) electrons. The van der Waals surface area contributed by atoms with Crippen molar-refractivity contribution < 1.29 is 14.7 Å². The van der Waals surface area contributed by atoms with Gasteiger partial charge in [0.25, 0.3) is 0 Å². The minimum atomic E-state index is -0.869. The highest BCUT2D eigenvalue weighted by Gasteiger charge is 2.30. The van der Waals surface area contributed by atoms with Gasteiger partial charge in [-0.15, -0.1) is 0 Å². The summed E-state index contributed by atoms with van der Waals surface area (Å²) in [6.45, 7) is 4.13. The number of Topliss-reactive ketones (excluding diaryl/α,β-unsaturated/α-hetero) is 2. The summed E-state index contributed by atoms with van der Waals surface area (Å²) >= 11 is 0. The molecule has 0 rings (SSSR count). The number of hydrogen-bond donors (Lipinski definition) is 1. The highest BCUT2D eigenvalue weighted by molar-refractivity contribution is 5.88. The van der Waals surface area contributed by atoms with Crippen LogP contribution in [0.15, 0.2) is 0 Å². The molecule has 0 aromatic rings. The van der Waals surface area contributed by atoms with E-state index in [1.807, 2.05) is 0 Å². The van der Waals surface area contributed by atoms with E-state index < -0.39 is 5.41 Å². The first-order chi connectivity index (χ1) is 4.92. The van der Waals surface area contributed by atoms with Crippen molar-refractivity contribution in [3.05, 3.63) is 0 Å². The zero-order chi connectivity index (χ0) is 9.07. The molecule has 0 amide bonds. The fourth-order valence-electron chi connectivity index (χ4n) is 0.841. The molecule has 0 bridgehead atoms. The first kappa shape index (κ1) is 10.3. The molecule has 0 aromatic carbocycles. The van der Waals surface area contributed by atoms with Crippen molar-refractivity contribution in [2.45, 2.75) is 27.2 Å². The molecular formula is C8H14O3. The van der Waals surface area contributed by atoms with Crippen LogP contribution in [0, 0.1) is 5.41 Å². The van der Waals surface area contributed by atoms with Crippen LogP contribution in [0.4, 0.5) is 0 Å². The Balaban J connectivity index is 4.34. The van der Waals surface area contributed by atoms with Crippen LogP contribution in [0.2, 0.25) is 0 Å². The number of hydrogen-bond acceptors (Lipinski definition) is 3. The van der Waals surface area contributed by atoms with Gasteiger partial charge in [0, 0.05) is 6.42 Å². The van der Waals surface area contributed by atoms with Crippen molar-refractivity contribution in [2.75, 3.05) is 6.61 Å². The molecule has 0 saturated carbocycles. The van der Waals surface area contributed by atoms with Crippen molar-refractivity contribution in [1.82, 2.24) is 0 Å². The summed E-state index contributed by atoms with van der Waals surface area (Å²) < 4.78 is 0. The molecule has 1 N–H and O–H groups in total. The van der Waals surface area contributed by atoms with Crippen LogP contribution in [0.25, 0.3) is 0 Å². The second-order valence-electron chi connectivity index (χ2n) is 3.15. The molecule has 1 atom stereocenters. The fraction of sp³-hybridized carbons (Fsp3) is 0.750. The van der Waals surface area contributed by atoms with Crippen molar-refractivity contribution >= 4 is 11.6 Å². The molecular weight excluding hydrogens is 144 g/mol. The zero-order valence-electron chi connectivity index (χ0n) is 7.18. The van der Waals surface area contributed by atoms with E-state index in [0.29, 0.717) is 0 Å². The number of carbonyl (C=O) groups is 2. The standard InChI is InChI=1S/C8H14O3/c1-6(10)4-8(3,5-9)7(2)11/h9H,4-5H2,1-3H3. The molecule has 1 unspecified atom stereocenters. The lowest BCUT2D eigenvalue weighted by molar-refractivity contribution is -0.133. The van der Waals surface area contributed by atoms with E-state index in [9.17, 15) is 9.59 Å². The second-order valence-corrected chi connectivity index (χ2v) is 3.15. The largest absolute Gasteiger partial charge is 0.395 e. The van der Waals surface area contributed by atoms with Gasteiger partial charge in [-0.3, -0.25) is 9.59 Å². The lowest BCUT2D eigenvalue weighted by Crippen LogP contribution is -2.31. The van der Waals surface area contributed by atoms with Gasteiger partial charge >= 0.3 is 0 Å². The summed E-state index contributed by atoms with van der Waals surface area (Å²) in [7, 11) is 0. The average Bonchev–Trinajstić information content (AvgIpc) is 1.86. The number of rotatable bonds is 4. The summed E-state index contributed by atoms with van der Waals surface area (Å²) in [6, 6.07) is 0. The first-order valence-corrected chi connectivity index (χ1v) is 3.54. The maximum Gasteiger partial charge on any atom is 0.138 e. The second kappa shape index (κ2) is 3.62. The monoisotopic (exact) mass is 158 g/mol. The first-order valence-electron chi connectivity index (χ1n) is 3.54. The molecule has 0 aliphatic heterocycles. The van der Waals surface area contributed by atoms with Crippen LogP contribution in [0.5, 0.6) is 0 Å². The summed E-state index contributed by atoms with van der Waals surface area (Å²) in [4.78, 5) is 21.6. The van der Waals surface area contributed by atoms with Gasteiger partial charge < -0.3 is 5.11 Å². The predicted molar refractivity (Wildman–Crippen MR) is 41.2 cm³/mol. The summed E-state index contributed by atoms with van der Waals surface area (Å²) in [6.07, 6.45) is 0.124. The predicted octanol–water partition coefficient (Wildman–Crippen LogP) is 0.553. The number of aliphatic hydroxyl groups excluding tert-OH is 1. The molecule has 64 valence electrons. The van der Waals surface area contributed by atoms with E-state index in [4.69, 9.17) is 5.11 Å². The lowest BCUT2D eigenvalue weighted by atomic mass is 9.82. The quantitative estimate of drug-likeness (QED) is 0.650. The number of carbonyl (C=O) groups excluding carboxylic acids is 2. The Hall–Kier alpha value is -0.700. The van der Waals surface area contributed by atoms with Gasteiger partial charge in [-0.1, -0.05) is 6.92 Å². The smallest absolute Gasteiger partial charge is 0.138 e. The Morgan fingerprint density at radius 2 is 1.82 bits per heavy atom. The van der Waals surface area contributed by atoms with Gasteiger partial charge in [-0.2, -0.15) is 0 Å². The van der Waals surface area contributed by atoms with Crippen molar-refractivity contribution in [2.24, 2.45) is 5.41 Å². The van der Waals surface area contributed by atoms with Crippen LogP contribution in [0.1, 0.15) is 27.2 Å². The molecule has 0 saturated heterocycles. The average molecular weight is 158 g/mol. The summed E-state index contributed by atoms with van der Waals surface area (Å²) in [5.74, 6) is -0.216. The third-order valence-corrected chi connectivity index (χ3v) is 1.84. The molecule has 0 fully saturated rings. The SMILES string of the molecule is CC(=O)CC(C)(CO)C(C)=O. The van der Waals surface area contributed by atoms with Crippen LogP contribution in [-0.2, 0) is 9.59 Å². The van der Waals surface area contributed by atoms with Crippen molar-refractivity contribution in [1.29, 1.82) is 0 Å². The molecule has 3 heteroatoms. The molecule has 0 heterocycles. The Bertz CT molecular complexity index is 174. The number of ketones is 2. The third-order valence-electron chi connectivity index (χ3n) is 1.84. The highest BCUT2D eigenvalue weighted by atomic mass is 16.3. The maximum atomic E-state index is 10.9. The van der Waals surface area contributed by atoms with Crippen molar-refractivity contribution in [3.63, 3.8) is 0 Å². The van der Waals surface area contributed by atoms with E-state index in [-0.39, 0.29) is 24.6 Å². The van der Waals surface area contributed by atoms with Crippen molar-refractivity contribution in [3.8, 4) is 0 Å². The summed E-state index contributed by atoms with van der Waals surface area (Å²) in [5.41, 5.74) is -0.869. The zero-order valence-corrected chi connectivity index (χ0v) is 7.18. The van der Waals surface area contributed by atoms with Crippen LogP contribution < -0.4 is 0 Å². The molecule has 0 aliphatic rings. The van der Waals surface area contributed by atoms with E-state index in [1.165, 1.54) is 13.8 Å². The van der Waals surface area contributed by atoms with Gasteiger partial charge in [-0.05, 0) is 13.8 Å². The van der Waals surface area contributed by atoms with Gasteiger partial charge in [0.1, 0.15) is 11.6 Å².